The SMILES string of the molecule is COc1cc(N2CCC(OCc3ccc(F)cc3)CC2)ccc1[N+](=O)[O-]. The minimum Gasteiger partial charge on any atom is -0.490 e. The van der Waals surface area contributed by atoms with Crippen molar-refractivity contribution in [2.45, 2.75) is 25.6 Å². The highest BCUT2D eigenvalue weighted by Crippen LogP contribution is 2.32. The summed E-state index contributed by atoms with van der Waals surface area (Å²) < 4.78 is 24.0. The van der Waals surface area contributed by atoms with E-state index in [9.17, 15) is 14.5 Å². The molecule has 3 rings (SSSR count). The third-order valence-electron chi connectivity index (χ3n) is 4.57. The van der Waals surface area contributed by atoms with Gasteiger partial charge in [-0.2, -0.15) is 0 Å². The highest BCUT2D eigenvalue weighted by atomic mass is 19.1. The van der Waals surface area contributed by atoms with Gasteiger partial charge in [-0.3, -0.25) is 10.1 Å². The molecular formula is C19H21FN2O4. The van der Waals surface area contributed by atoms with Gasteiger partial charge in [-0.15, -0.1) is 0 Å². The summed E-state index contributed by atoms with van der Waals surface area (Å²) in [7, 11) is 1.43. The van der Waals surface area contributed by atoms with Gasteiger partial charge >= 0.3 is 5.69 Å². The van der Waals surface area contributed by atoms with Crippen molar-refractivity contribution < 1.29 is 18.8 Å². The molecule has 2 aromatic carbocycles. The summed E-state index contributed by atoms with van der Waals surface area (Å²) in [6, 6.07) is 11.3. The zero-order valence-electron chi connectivity index (χ0n) is 14.6. The van der Waals surface area contributed by atoms with Crippen LogP contribution in [0.1, 0.15) is 18.4 Å². The fraction of sp³-hybridized carbons (Fsp3) is 0.368. The molecular weight excluding hydrogens is 339 g/mol. The molecule has 1 saturated heterocycles. The van der Waals surface area contributed by atoms with E-state index in [2.05, 4.69) is 4.90 Å². The normalized spacial score (nSPS) is 15.1. The van der Waals surface area contributed by atoms with Crippen molar-refractivity contribution in [2.75, 3.05) is 25.1 Å². The Labute approximate surface area is 151 Å². The summed E-state index contributed by atoms with van der Waals surface area (Å²) in [5.41, 5.74) is 1.83. The number of ether oxygens (including phenoxy) is 2. The summed E-state index contributed by atoms with van der Waals surface area (Å²) >= 11 is 0. The van der Waals surface area contributed by atoms with Gasteiger partial charge in [-0.25, -0.2) is 4.39 Å². The van der Waals surface area contributed by atoms with E-state index in [1.54, 1.807) is 24.3 Å². The summed E-state index contributed by atoms with van der Waals surface area (Å²) in [5.74, 6) is 0.0165. The van der Waals surface area contributed by atoms with Gasteiger partial charge in [0.2, 0.25) is 0 Å². The molecule has 0 aromatic heterocycles. The summed E-state index contributed by atoms with van der Waals surface area (Å²) in [4.78, 5) is 12.7. The molecule has 0 radical (unpaired) electrons. The van der Waals surface area contributed by atoms with E-state index in [1.165, 1.54) is 25.3 Å². The Hall–Kier alpha value is -2.67. The average molecular weight is 360 g/mol. The van der Waals surface area contributed by atoms with Crippen LogP contribution in [0.4, 0.5) is 15.8 Å². The number of piperidine rings is 1. The number of hydrogen-bond donors (Lipinski definition) is 0. The molecule has 0 bridgehead atoms. The van der Waals surface area contributed by atoms with Crippen LogP contribution in [-0.4, -0.2) is 31.2 Å². The number of hydrogen-bond acceptors (Lipinski definition) is 5. The lowest BCUT2D eigenvalue weighted by Crippen LogP contribution is -2.37. The van der Waals surface area contributed by atoms with Crippen molar-refractivity contribution in [1.29, 1.82) is 0 Å². The van der Waals surface area contributed by atoms with Crippen LogP contribution in [0.2, 0.25) is 0 Å². The zero-order chi connectivity index (χ0) is 18.5. The molecule has 1 aliphatic heterocycles. The molecule has 0 atom stereocenters. The maximum Gasteiger partial charge on any atom is 0.311 e. The first-order valence-corrected chi connectivity index (χ1v) is 8.50. The molecule has 1 heterocycles. The van der Waals surface area contributed by atoms with Crippen molar-refractivity contribution in [3.05, 3.63) is 64.0 Å². The lowest BCUT2D eigenvalue weighted by molar-refractivity contribution is -0.385. The molecule has 0 N–H and O–H groups in total. The number of nitrogens with zero attached hydrogens (tertiary/aromatic N) is 2. The maximum absolute atomic E-state index is 12.9. The van der Waals surface area contributed by atoms with Gasteiger partial charge < -0.3 is 14.4 Å². The lowest BCUT2D eigenvalue weighted by Gasteiger charge is -2.33. The first kappa shape index (κ1) is 18.1. The van der Waals surface area contributed by atoms with Crippen molar-refractivity contribution in [3.8, 4) is 5.75 Å². The standard InChI is InChI=1S/C19H21FN2O4/c1-25-19-12-16(6-7-18(19)22(23)24)21-10-8-17(9-11-21)26-13-14-2-4-15(20)5-3-14/h2-7,12,17H,8-11,13H2,1H3. The van der Waals surface area contributed by atoms with E-state index in [0.29, 0.717) is 6.61 Å². The second kappa shape index (κ2) is 8.14. The predicted molar refractivity (Wildman–Crippen MR) is 96.1 cm³/mol. The largest absolute Gasteiger partial charge is 0.490 e. The third-order valence-corrected chi connectivity index (χ3v) is 4.57. The monoisotopic (exact) mass is 360 g/mol. The van der Waals surface area contributed by atoms with E-state index in [0.717, 1.165) is 37.2 Å². The fourth-order valence-electron chi connectivity index (χ4n) is 3.09. The molecule has 7 heteroatoms. The second-order valence-electron chi connectivity index (χ2n) is 6.24. The Morgan fingerprint density at radius 3 is 2.50 bits per heavy atom. The van der Waals surface area contributed by atoms with Gasteiger partial charge in [0.05, 0.1) is 24.7 Å². The van der Waals surface area contributed by atoms with Crippen LogP contribution >= 0.6 is 0 Å². The third kappa shape index (κ3) is 4.29. The number of nitro groups is 1. The van der Waals surface area contributed by atoms with Crippen molar-refractivity contribution in [1.82, 2.24) is 0 Å². The molecule has 1 fully saturated rings. The van der Waals surface area contributed by atoms with E-state index >= 15 is 0 Å². The fourth-order valence-corrected chi connectivity index (χ4v) is 3.09. The molecule has 0 aliphatic carbocycles. The summed E-state index contributed by atoms with van der Waals surface area (Å²) in [5, 5.41) is 11.0. The Balaban J connectivity index is 1.55. The first-order chi connectivity index (χ1) is 12.6. The van der Waals surface area contributed by atoms with Gasteiger partial charge in [0.25, 0.3) is 0 Å². The number of methoxy groups -OCH3 is 1. The van der Waals surface area contributed by atoms with Crippen LogP contribution in [0.15, 0.2) is 42.5 Å². The summed E-state index contributed by atoms with van der Waals surface area (Å²) in [6.07, 6.45) is 1.87. The van der Waals surface area contributed by atoms with Crippen LogP contribution in [0.3, 0.4) is 0 Å². The van der Waals surface area contributed by atoms with Crippen LogP contribution in [-0.2, 0) is 11.3 Å². The average Bonchev–Trinajstić information content (AvgIpc) is 2.67. The minimum absolute atomic E-state index is 0.0335. The van der Waals surface area contributed by atoms with Crippen molar-refractivity contribution in [2.24, 2.45) is 0 Å². The van der Waals surface area contributed by atoms with E-state index in [-0.39, 0.29) is 23.4 Å². The zero-order valence-corrected chi connectivity index (χ0v) is 14.6. The number of anilines is 1. The molecule has 138 valence electrons. The van der Waals surface area contributed by atoms with Crippen LogP contribution in [0.25, 0.3) is 0 Å². The Morgan fingerprint density at radius 2 is 1.88 bits per heavy atom. The van der Waals surface area contributed by atoms with E-state index < -0.39 is 4.92 Å². The Kier molecular flexibility index (Phi) is 5.68. The highest BCUT2D eigenvalue weighted by Gasteiger charge is 2.22. The van der Waals surface area contributed by atoms with Crippen molar-refractivity contribution >= 4 is 11.4 Å². The number of rotatable bonds is 6. The maximum atomic E-state index is 12.9. The van der Waals surface area contributed by atoms with E-state index in [1.807, 2.05) is 0 Å². The van der Waals surface area contributed by atoms with E-state index in [4.69, 9.17) is 9.47 Å². The second-order valence-corrected chi connectivity index (χ2v) is 6.24. The van der Waals surface area contributed by atoms with Gasteiger partial charge in [0.15, 0.2) is 5.75 Å². The Morgan fingerprint density at radius 1 is 1.19 bits per heavy atom. The number of benzene rings is 2. The van der Waals surface area contributed by atoms with Gasteiger partial charge in [-0.05, 0) is 36.6 Å². The van der Waals surface area contributed by atoms with Gasteiger partial charge in [0, 0.05) is 30.9 Å². The van der Waals surface area contributed by atoms with Crippen LogP contribution < -0.4 is 9.64 Å². The number of nitro benzene ring substituents is 1. The molecule has 0 amide bonds. The number of halogens is 1. The predicted octanol–water partition coefficient (Wildman–Crippen LogP) is 3.93. The first-order valence-electron chi connectivity index (χ1n) is 8.50. The van der Waals surface area contributed by atoms with Crippen LogP contribution in [0, 0.1) is 15.9 Å². The molecule has 2 aromatic rings. The molecule has 0 spiro atoms. The smallest absolute Gasteiger partial charge is 0.311 e. The molecule has 0 unspecified atom stereocenters. The molecule has 0 saturated carbocycles. The molecule has 6 nitrogen and oxygen atoms in total. The van der Waals surface area contributed by atoms with Gasteiger partial charge in [0.1, 0.15) is 5.82 Å². The Bertz CT molecular complexity index is 759. The minimum atomic E-state index is -0.446. The topological polar surface area (TPSA) is 64.8 Å². The molecule has 1 aliphatic rings. The van der Waals surface area contributed by atoms with Gasteiger partial charge in [-0.1, -0.05) is 12.1 Å². The summed E-state index contributed by atoms with van der Waals surface area (Å²) in [6.45, 7) is 2.07. The highest BCUT2D eigenvalue weighted by molar-refractivity contribution is 5.59. The quantitative estimate of drug-likeness (QED) is 0.577. The van der Waals surface area contributed by atoms with Crippen molar-refractivity contribution in [3.63, 3.8) is 0 Å². The lowest BCUT2D eigenvalue weighted by atomic mass is 10.1. The van der Waals surface area contributed by atoms with Crippen LogP contribution in [0.5, 0.6) is 5.75 Å². The molecule has 26 heavy (non-hydrogen) atoms.